The Balaban J connectivity index is 4.20. The molecule has 0 spiro atoms. The average Bonchev–Trinajstić information content (AvgIpc) is 2.39. The van der Waals surface area contributed by atoms with E-state index >= 15 is 0 Å². The summed E-state index contributed by atoms with van der Waals surface area (Å²) in [5.74, 6) is -0.620. The molecule has 0 radical (unpaired) electrons. The molecule has 19 heavy (non-hydrogen) atoms. The predicted octanol–water partition coefficient (Wildman–Crippen LogP) is 4.08. The molecule has 114 valence electrons. The van der Waals surface area contributed by atoms with Crippen molar-refractivity contribution in [3.8, 4) is 0 Å². The van der Waals surface area contributed by atoms with Gasteiger partial charge >= 0.3 is 5.97 Å². The Kier molecular flexibility index (Phi) is 10.3. The summed E-state index contributed by atoms with van der Waals surface area (Å²) in [7, 11) is -2.68. The molecule has 0 aliphatic carbocycles. The van der Waals surface area contributed by atoms with Gasteiger partial charge in [0.2, 0.25) is 7.37 Å². The minimum Gasteiger partial charge on any atom is -0.465 e. The Morgan fingerprint density at radius 2 is 1.68 bits per heavy atom. The molecule has 0 N–H and O–H groups in total. The van der Waals surface area contributed by atoms with Gasteiger partial charge in [-0.25, -0.2) is 0 Å². The lowest BCUT2D eigenvalue weighted by Crippen LogP contribution is -2.20. The fourth-order valence-electron chi connectivity index (χ4n) is 1.60. The Hall–Kier alpha value is -0.340. The highest BCUT2D eigenvalue weighted by molar-refractivity contribution is 7.59. The van der Waals surface area contributed by atoms with Gasteiger partial charge in [0, 0.05) is 12.3 Å². The summed E-state index contributed by atoms with van der Waals surface area (Å²) in [6.07, 6.45) is 4.55. The summed E-state index contributed by atoms with van der Waals surface area (Å²) in [5, 5.41) is 0. The van der Waals surface area contributed by atoms with Crippen molar-refractivity contribution in [2.45, 2.75) is 53.4 Å². The van der Waals surface area contributed by atoms with Crippen LogP contribution in [0.15, 0.2) is 0 Å². The quantitative estimate of drug-likeness (QED) is 0.327. The first kappa shape index (κ1) is 18.7. The van der Waals surface area contributed by atoms with Crippen molar-refractivity contribution >= 4 is 13.3 Å². The van der Waals surface area contributed by atoms with Gasteiger partial charge in [0.15, 0.2) is 0 Å². The van der Waals surface area contributed by atoms with Crippen LogP contribution in [0.1, 0.15) is 53.4 Å². The Morgan fingerprint density at radius 3 is 2.21 bits per heavy atom. The molecule has 0 bridgehead atoms. The lowest BCUT2D eigenvalue weighted by Gasteiger charge is -2.20. The van der Waals surface area contributed by atoms with Gasteiger partial charge in [-0.15, -0.1) is 0 Å². The van der Waals surface area contributed by atoms with Crippen molar-refractivity contribution in [1.82, 2.24) is 0 Å². The average molecular weight is 292 g/mol. The molecule has 5 heteroatoms. The van der Waals surface area contributed by atoms with Crippen LogP contribution in [-0.4, -0.2) is 31.5 Å². The molecular formula is C14H29O4P. The topological polar surface area (TPSA) is 52.6 Å². The summed E-state index contributed by atoms with van der Waals surface area (Å²) in [6.45, 7) is 8.69. The van der Waals surface area contributed by atoms with E-state index in [1.165, 1.54) is 0 Å². The van der Waals surface area contributed by atoms with E-state index in [0.29, 0.717) is 19.4 Å². The number of ether oxygens (including phenoxy) is 1. The molecule has 0 aromatic heterocycles. The zero-order chi connectivity index (χ0) is 14.7. The van der Waals surface area contributed by atoms with Gasteiger partial charge in [-0.2, -0.15) is 0 Å². The van der Waals surface area contributed by atoms with Crippen LogP contribution >= 0.6 is 7.37 Å². The van der Waals surface area contributed by atoms with Crippen molar-refractivity contribution in [1.29, 1.82) is 0 Å². The molecule has 0 saturated heterocycles. The van der Waals surface area contributed by atoms with E-state index in [2.05, 4.69) is 6.92 Å². The number of unbranched alkanes of at least 4 members (excludes halogenated alkanes) is 2. The molecule has 0 heterocycles. The molecule has 0 amide bonds. The van der Waals surface area contributed by atoms with Crippen LogP contribution in [0.25, 0.3) is 0 Å². The van der Waals surface area contributed by atoms with E-state index in [4.69, 9.17) is 9.26 Å². The van der Waals surface area contributed by atoms with Gasteiger partial charge in [0.1, 0.15) is 0 Å². The normalized spacial score (nSPS) is 15.8. The number of carbonyl (C=O) groups is 1. The van der Waals surface area contributed by atoms with Gasteiger partial charge in [-0.05, 0) is 12.8 Å². The van der Waals surface area contributed by atoms with Crippen LogP contribution in [0.5, 0.6) is 0 Å². The van der Waals surface area contributed by atoms with Gasteiger partial charge in [-0.3, -0.25) is 9.36 Å². The summed E-state index contributed by atoms with van der Waals surface area (Å²) in [5.41, 5.74) is 0. The smallest absolute Gasteiger partial charge is 0.309 e. The fraction of sp³-hybridized carbons (Fsp3) is 0.929. The minimum atomic E-state index is -2.68. The monoisotopic (exact) mass is 292 g/mol. The molecule has 0 rings (SSSR count). The van der Waals surface area contributed by atoms with Crippen molar-refractivity contribution in [3.63, 3.8) is 0 Å². The van der Waals surface area contributed by atoms with Crippen LogP contribution in [-0.2, 0) is 18.6 Å². The lowest BCUT2D eigenvalue weighted by molar-refractivity contribution is -0.147. The van der Waals surface area contributed by atoms with Crippen molar-refractivity contribution in [3.05, 3.63) is 0 Å². The Morgan fingerprint density at radius 1 is 1.11 bits per heavy atom. The van der Waals surface area contributed by atoms with E-state index in [1.54, 1.807) is 6.92 Å². The van der Waals surface area contributed by atoms with Crippen molar-refractivity contribution in [2.24, 2.45) is 5.92 Å². The minimum absolute atomic E-state index is 0.263. The fourth-order valence-corrected chi connectivity index (χ4v) is 3.59. The first-order valence-corrected chi connectivity index (χ1v) is 9.37. The van der Waals surface area contributed by atoms with E-state index in [0.717, 1.165) is 25.7 Å². The molecule has 0 aliphatic heterocycles. The third-order valence-corrected chi connectivity index (χ3v) is 5.72. The second kappa shape index (κ2) is 10.4. The van der Waals surface area contributed by atoms with E-state index < -0.39 is 7.37 Å². The predicted molar refractivity (Wildman–Crippen MR) is 78.9 cm³/mol. The SMILES string of the molecule is CCCCOC(=O)C(C)CP(=O)(CC)OCCCC. The molecule has 2 atom stereocenters. The molecule has 0 aromatic carbocycles. The van der Waals surface area contributed by atoms with Gasteiger partial charge < -0.3 is 9.26 Å². The van der Waals surface area contributed by atoms with Gasteiger partial charge in [-0.1, -0.05) is 40.5 Å². The number of carbonyl (C=O) groups excluding carboxylic acids is 1. The zero-order valence-corrected chi connectivity index (χ0v) is 13.7. The largest absolute Gasteiger partial charge is 0.465 e. The van der Waals surface area contributed by atoms with Crippen LogP contribution in [0.3, 0.4) is 0 Å². The van der Waals surface area contributed by atoms with Gasteiger partial charge in [0.25, 0.3) is 0 Å². The molecule has 0 aromatic rings. The summed E-state index contributed by atoms with van der Waals surface area (Å²) in [4.78, 5) is 11.7. The van der Waals surface area contributed by atoms with E-state index in [9.17, 15) is 9.36 Å². The highest BCUT2D eigenvalue weighted by Gasteiger charge is 2.28. The summed E-state index contributed by atoms with van der Waals surface area (Å²) in [6, 6.07) is 0. The summed E-state index contributed by atoms with van der Waals surface area (Å²) < 4.78 is 23.1. The second-order valence-electron chi connectivity index (χ2n) is 4.92. The van der Waals surface area contributed by atoms with E-state index in [-0.39, 0.29) is 18.0 Å². The molecule has 0 aliphatic rings. The lowest BCUT2D eigenvalue weighted by atomic mass is 10.2. The second-order valence-corrected chi connectivity index (χ2v) is 7.81. The van der Waals surface area contributed by atoms with Crippen molar-refractivity contribution < 1.29 is 18.6 Å². The first-order valence-electron chi connectivity index (χ1n) is 7.38. The van der Waals surface area contributed by atoms with Crippen LogP contribution in [0.2, 0.25) is 0 Å². The van der Waals surface area contributed by atoms with Crippen LogP contribution in [0.4, 0.5) is 0 Å². The third kappa shape index (κ3) is 8.43. The molecular weight excluding hydrogens is 263 g/mol. The Bertz CT molecular complexity index is 291. The molecule has 2 unspecified atom stereocenters. The maximum absolute atomic E-state index is 12.5. The molecule has 4 nitrogen and oxygen atoms in total. The molecule has 0 fully saturated rings. The maximum Gasteiger partial charge on any atom is 0.309 e. The van der Waals surface area contributed by atoms with Crippen LogP contribution in [0, 0.1) is 5.92 Å². The Labute approximate surface area is 117 Å². The highest BCUT2D eigenvalue weighted by Crippen LogP contribution is 2.48. The number of hydrogen-bond donors (Lipinski definition) is 0. The zero-order valence-electron chi connectivity index (χ0n) is 12.8. The van der Waals surface area contributed by atoms with E-state index in [1.807, 2.05) is 13.8 Å². The third-order valence-electron chi connectivity index (χ3n) is 3.00. The summed E-state index contributed by atoms with van der Waals surface area (Å²) >= 11 is 0. The standard InChI is InChI=1S/C14H29O4P/c1-5-8-10-17-14(15)13(4)12-19(16,7-3)18-11-9-6-2/h13H,5-12H2,1-4H3. The number of rotatable bonds is 11. The van der Waals surface area contributed by atoms with Gasteiger partial charge in [0.05, 0.1) is 19.1 Å². The maximum atomic E-state index is 12.5. The first-order chi connectivity index (χ1) is 8.99. The molecule has 0 saturated carbocycles. The van der Waals surface area contributed by atoms with Crippen molar-refractivity contribution in [2.75, 3.05) is 25.5 Å². The highest BCUT2D eigenvalue weighted by atomic mass is 31.2. The van der Waals surface area contributed by atoms with Crippen LogP contribution < -0.4 is 0 Å². The number of esters is 1. The number of hydrogen-bond acceptors (Lipinski definition) is 4.